The lowest BCUT2D eigenvalue weighted by molar-refractivity contribution is -0.140. The zero-order valence-electron chi connectivity index (χ0n) is 7.34. The van der Waals surface area contributed by atoms with Crippen LogP contribution >= 0.6 is 11.6 Å². The Kier molecular flexibility index (Phi) is 3.77. The second kappa shape index (κ2) is 4.87. The summed E-state index contributed by atoms with van der Waals surface area (Å²) in [6.07, 6.45) is 0.955. The first kappa shape index (κ1) is 10.1. The highest BCUT2D eigenvalue weighted by molar-refractivity contribution is 6.31. The van der Waals surface area contributed by atoms with Gasteiger partial charge in [0.2, 0.25) is 0 Å². The number of ether oxygens (including phenoxy) is 1. The fourth-order valence-electron chi connectivity index (χ4n) is 0.976. The summed E-state index contributed by atoms with van der Waals surface area (Å²) < 4.78 is 4.52. The lowest BCUT2D eigenvalue weighted by Crippen LogP contribution is -2.02. The van der Waals surface area contributed by atoms with Crippen molar-refractivity contribution in [2.24, 2.45) is 0 Å². The van der Waals surface area contributed by atoms with Gasteiger partial charge in [-0.15, -0.1) is 0 Å². The molecule has 0 unspecified atom stereocenters. The van der Waals surface area contributed by atoms with Crippen LogP contribution in [0.3, 0.4) is 0 Å². The van der Waals surface area contributed by atoms with Crippen LogP contribution in [-0.4, -0.2) is 13.1 Å². The average Bonchev–Trinajstić information content (AvgIpc) is 2.16. The smallest absolute Gasteiger partial charge is 0.305 e. The third-order valence-corrected chi connectivity index (χ3v) is 2.09. The molecular formula is C10H10ClO2. The van der Waals surface area contributed by atoms with E-state index in [0.717, 1.165) is 5.56 Å². The molecule has 0 N–H and O–H groups in total. The lowest BCUT2D eigenvalue weighted by Gasteiger charge is -2.01. The first-order chi connectivity index (χ1) is 6.24. The summed E-state index contributed by atoms with van der Waals surface area (Å²) in [5, 5.41) is 0.669. The van der Waals surface area contributed by atoms with Gasteiger partial charge in [0.15, 0.2) is 0 Å². The molecule has 1 radical (unpaired) electrons. The molecule has 2 nitrogen and oxygen atoms in total. The molecule has 13 heavy (non-hydrogen) atoms. The van der Waals surface area contributed by atoms with Crippen LogP contribution in [0.1, 0.15) is 12.0 Å². The molecule has 1 rings (SSSR count). The maximum Gasteiger partial charge on any atom is 0.305 e. The Morgan fingerprint density at radius 2 is 2.46 bits per heavy atom. The molecule has 0 spiro atoms. The molecule has 1 aromatic rings. The molecule has 0 bridgehead atoms. The van der Waals surface area contributed by atoms with Crippen LogP contribution in [-0.2, 0) is 16.0 Å². The first-order valence-corrected chi connectivity index (χ1v) is 4.33. The minimum absolute atomic E-state index is 0.222. The highest BCUT2D eigenvalue weighted by Gasteiger charge is 2.03. The quantitative estimate of drug-likeness (QED) is 0.695. The summed E-state index contributed by atoms with van der Waals surface area (Å²) in [4.78, 5) is 10.8. The van der Waals surface area contributed by atoms with Crippen LogP contribution in [0.15, 0.2) is 18.2 Å². The molecule has 0 aliphatic heterocycles. The molecule has 0 heterocycles. The topological polar surface area (TPSA) is 26.3 Å². The van der Waals surface area contributed by atoms with E-state index in [4.69, 9.17) is 11.6 Å². The maximum absolute atomic E-state index is 10.8. The molecule has 69 valence electrons. The SMILES string of the molecule is COC(=O)CCc1c[c]ccc1Cl. The Bertz CT molecular complexity index is 297. The Morgan fingerprint density at radius 3 is 3.08 bits per heavy atom. The number of carbonyl (C=O) groups is 1. The van der Waals surface area contributed by atoms with Crippen molar-refractivity contribution in [3.8, 4) is 0 Å². The summed E-state index contributed by atoms with van der Waals surface area (Å²) in [6, 6.07) is 8.19. The number of benzene rings is 1. The minimum Gasteiger partial charge on any atom is -0.469 e. The Balaban J connectivity index is 2.54. The van der Waals surface area contributed by atoms with Crippen molar-refractivity contribution in [2.45, 2.75) is 12.8 Å². The van der Waals surface area contributed by atoms with Gasteiger partial charge < -0.3 is 4.74 Å². The maximum atomic E-state index is 10.8. The molecular weight excluding hydrogens is 188 g/mol. The van der Waals surface area contributed by atoms with Gasteiger partial charge >= 0.3 is 5.97 Å². The highest BCUT2D eigenvalue weighted by Crippen LogP contribution is 2.16. The number of rotatable bonds is 3. The molecule has 0 amide bonds. The molecule has 0 aromatic heterocycles. The minimum atomic E-state index is -0.222. The zero-order valence-corrected chi connectivity index (χ0v) is 8.10. The van der Waals surface area contributed by atoms with E-state index in [1.165, 1.54) is 7.11 Å². The van der Waals surface area contributed by atoms with Crippen molar-refractivity contribution in [2.75, 3.05) is 7.11 Å². The van der Waals surface area contributed by atoms with Gasteiger partial charge in [0.05, 0.1) is 7.11 Å². The van der Waals surface area contributed by atoms with Crippen LogP contribution < -0.4 is 0 Å². The summed E-state index contributed by atoms with van der Waals surface area (Å²) >= 11 is 5.88. The van der Waals surface area contributed by atoms with Crippen molar-refractivity contribution in [1.29, 1.82) is 0 Å². The molecule has 0 aliphatic carbocycles. The molecule has 0 atom stereocenters. The zero-order chi connectivity index (χ0) is 9.68. The van der Waals surface area contributed by atoms with Crippen LogP contribution in [0.5, 0.6) is 0 Å². The van der Waals surface area contributed by atoms with E-state index in [-0.39, 0.29) is 5.97 Å². The summed E-state index contributed by atoms with van der Waals surface area (Å²) in [7, 11) is 1.38. The van der Waals surface area contributed by atoms with E-state index in [1.54, 1.807) is 18.2 Å². The predicted molar refractivity (Wildman–Crippen MR) is 50.6 cm³/mol. The number of carbonyl (C=O) groups excluding carboxylic acids is 1. The largest absolute Gasteiger partial charge is 0.469 e. The van der Waals surface area contributed by atoms with Crippen LogP contribution in [0.4, 0.5) is 0 Å². The van der Waals surface area contributed by atoms with Gasteiger partial charge in [-0.05, 0) is 30.2 Å². The molecule has 0 fully saturated rings. The van der Waals surface area contributed by atoms with Gasteiger partial charge in [0.1, 0.15) is 0 Å². The van der Waals surface area contributed by atoms with Gasteiger partial charge in [0.25, 0.3) is 0 Å². The van der Waals surface area contributed by atoms with Gasteiger partial charge in [-0.2, -0.15) is 0 Å². The van der Waals surface area contributed by atoms with Gasteiger partial charge in [-0.1, -0.05) is 17.7 Å². The molecule has 1 aromatic carbocycles. The lowest BCUT2D eigenvalue weighted by atomic mass is 10.1. The van der Waals surface area contributed by atoms with Crippen LogP contribution in [0.2, 0.25) is 5.02 Å². The van der Waals surface area contributed by atoms with Gasteiger partial charge in [-0.3, -0.25) is 4.79 Å². The number of halogens is 1. The van der Waals surface area contributed by atoms with Crippen molar-refractivity contribution in [1.82, 2.24) is 0 Å². The van der Waals surface area contributed by atoms with Gasteiger partial charge in [-0.25, -0.2) is 0 Å². The number of aryl methyl sites for hydroxylation is 1. The molecule has 0 saturated heterocycles. The standard InChI is InChI=1S/C10H10ClO2/c1-13-10(12)7-6-8-4-2-3-5-9(8)11/h3-5H,6-7H2,1H3. The predicted octanol–water partition coefficient (Wildman–Crippen LogP) is 2.25. The Morgan fingerprint density at radius 1 is 1.69 bits per heavy atom. The molecule has 0 saturated carbocycles. The fraction of sp³-hybridized carbons (Fsp3) is 0.300. The van der Waals surface area contributed by atoms with Crippen molar-refractivity contribution >= 4 is 17.6 Å². The van der Waals surface area contributed by atoms with E-state index in [9.17, 15) is 4.79 Å². The number of methoxy groups -OCH3 is 1. The summed E-state index contributed by atoms with van der Waals surface area (Å²) in [6.45, 7) is 0. The van der Waals surface area contributed by atoms with Crippen molar-refractivity contribution in [3.05, 3.63) is 34.9 Å². The molecule has 3 heteroatoms. The van der Waals surface area contributed by atoms with Crippen LogP contribution in [0, 0.1) is 6.07 Å². The number of esters is 1. The van der Waals surface area contributed by atoms with E-state index in [1.807, 2.05) is 0 Å². The normalized spacial score (nSPS) is 9.69. The second-order valence-corrected chi connectivity index (χ2v) is 3.00. The second-order valence-electron chi connectivity index (χ2n) is 2.59. The van der Waals surface area contributed by atoms with Crippen LogP contribution in [0.25, 0.3) is 0 Å². The van der Waals surface area contributed by atoms with Crippen molar-refractivity contribution in [3.63, 3.8) is 0 Å². The summed E-state index contributed by atoms with van der Waals surface area (Å²) in [5.41, 5.74) is 0.926. The third kappa shape index (κ3) is 3.07. The number of hydrogen-bond donors (Lipinski definition) is 0. The Labute approximate surface area is 82.5 Å². The number of hydrogen-bond acceptors (Lipinski definition) is 2. The fourth-order valence-corrected chi connectivity index (χ4v) is 1.19. The van der Waals surface area contributed by atoms with Crippen molar-refractivity contribution < 1.29 is 9.53 Å². The average molecular weight is 198 g/mol. The summed E-state index contributed by atoms with van der Waals surface area (Å²) in [5.74, 6) is -0.222. The molecule has 0 aliphatic rings. The van der Waals surface area contributed by atoms with E-state index < -0.39 is 0 Å². The first-order valence-electron chi connectivity index (χ1n) is 3.95. The van der Waals surface area contributed by atoms with E-state index in [0.29, 0.717) is 17.9 Å². The third-order valence-electron chi connectivity index (χ3n) is 1.72. The monoisotopic (exact) mass is 197 g/mol. The Hall–Kier alpha value is -1.02. The highest BCUT2D eigenvalue weighted by atomic mass is 35.5. The van der Waals surface area contributed by atoms with Gasteiger partial charge in [0, 0.05) is 11.4 Å². The van der Waals surface area contributed by atoms with E-state index >= 15 is 0 Å². The van der Waals surface area contributed by atoms with E-state index in [2.05, 4.69) is 10.8 Å².